The molecule has 0 aliphatic carbocycles. The van der Waals surface area contributed by atoms with Gasteiger partial charge in [0.2, 0.25) is 0 Å². The summed E-state index contributed by atoms with van der Waals surface area (Å²) in [6, 6.07) is 18.0. The lowest BCUT2D eigenvalue weighted by Gasteiger charge is -2.18. The van der Waals surface area contributed by atoms with E-state index < -0.39 is 0 Å². The zero-order valence-corrected chi connectivity index (χ0v) is 11.3. The molecule has 3 heteroatoms. The summed E-state index contributed by atoms with van der Waals surface area (Å²) in [5, 5.41) is 3.26. The molecule has 1 N–H and O–H groups in total. The topological polar surface area (TPSA) is 30.5 Å². The van der Waals surface area contributed by atoms with E-state index in [1.54, 1.807) is 7.11 Å². The van der Waals surface area contributed by atoms with Crippen LogP contribution in [-0.2, 0) is 0 Å². The maximum absolute atomic E-state index is 5.78. The Morgan fingerprint density at radius 2 is 1.74 bits per heavy atom. The summed E-state index contributed by atoms with van der Waals surface area (Å²) in [4.78, 5) is 0. The molecule has 2 aromatic rings. The molecule has 0 fully saturated rings. The third-order valence-corrected chi connectivity index (χ3v) is 3.00. The molecule has 0 amide bonds. The third kappa shape index (κ3) is 3.73. The summed E-state index contributed by atoms with van der Waals surface area (Å²) < 4.78 is 11.0. The molecular formula is C16H19NO2. The number of rotatable bonds is 6. The van der Waals surface area contributed by atoms with Gasteiger partial charge >= 0.3 is 0 Å². The van der Waals surface area contributed by atoms with Crippen LogP contribution in [0.15, 0.2) is 54.6 Å². The fraction of sp³-hybridized carbons (Fsp3) is 0.250. The van der Waals surface area contributed by atoms with Crippen LogP contribution in [0.1, 0.15) is 11.6 Å². The molecule has 0 spiro atoms. The SMILES string of the molecule is CNC(COc1ccccc1)c1cccc(OC)c1. The van der Waals surface area contributed by atoms with E-state index in [4.69, 9.17) is 9.47 Å². The van der Waals surface area contributed by atoms with Crippen molar-refractivity contribution in [1.29, 1.82) is 0 Å². The zero-order valence-electron chi connectivity index (χ0n) is 11.3. The van der Waals surface area contributed by atoms with Gasteiger partial charge in [0, 0.05) is 0 Å². The van der Waals surface area contributed by atoms with E-state index in [9.17, 15) is 0 Å². The molecule has 0 aliphatic heterocycles. The van der Waals surface area contributed by atoms with Crippen molar-refractivity contribution in [3.8, 4) is 11.5 Å². The number of likely N-dealkylation sites (N-methyl/N-ethyl adjacent to an activating group) is 1. The van der Waals surface area contributed by atoms with Crippen molar-refractivity contribution in [2.75, 3.05) is 20.8 Å². The number of para-hydroxylation sites is 1. The Hall–Kier alpha value is -2.00. The van der Waals surface area contributed by atoms with Gasteiger partial charge in [0.1, 0.15) is 18.1 Å². The fourth-order valence-corrected chi connectivity index (χ4v) is 1.90. The van der Waals surface area contributed by atoms with Crippen LogP contribution in [0.4, 0.5) is 0 Å². The maximum Gasteiger partial charge on any atom is 0.119 e. The average Bonchev–Trinajstić information content (AvgIpc) is 2.49. The van der Waals surface area contributed by atoms with Crippen molar-refractivity contribution in [2.24, 2.45) is 0 Å². The van der Waals surface area contributed by atoms with Crippen molar-refractivity contribution in [3.63, 3.8) is 0 Å². The molecule has 3 nitrogen and oxygen atoms in total. The van der Waals surface area contributed by atoms with Crippen LogP contribution in [0.25, 0.3) is 0 Å². The minimum Gasteiger partial charge on any atom is -0.497 e. The van der Waals surface area contributed by atoms with E-state index in [2.05, 4.69) is 11.4 Å². The number of hydrogen-bond acceptors (Lipinski definition) is 3. The molecule has 0 heterocycles. The first-order valence-corrected chi connectivity index (χ1v) is 6.32. The lowest BCUT2D eigenvalue weighted by molar-refractivity contribution is 0.272. The molecule has 0 aliphatic rings. The number of methoxy groups -OCH3 is 1. The molecule has 0 bridgehead atoms. The Morgan fingerprint density at radius 1 is 1.00 bits per heavy atom. The number of benzene rings is 2. The predicted molar refractivity (Wildman–Crippen MR) is 76.7 cm³/mol. The highest BCUT2D eigenvalue weighted by atomic mass is 16.5. The van der Waals surface area contributed by atoms with E-state index in [1.165, 1.54) is 0 Å². The zero-order chi connectivity index (χ0) is 13.5. The van der Waals surface area contributed by atoms with Crippen LogP contribution in [0.2, 0.25) is 0 Å². The largest absolute Gasteiger partial charge is 0.497 e. The molecule has 1 atom stereocenters. The second-order valence-electron chi connectivity index (χ2n) is 4.24. The van der Waals surface area contributed by atoms with Crippen molar-refractivity contribution >= 4 is 0 Å². The van der Waals surface area contributed by atoms with E-state index in [0.29, 0.717) is 6.61 Å². The summed E-state index contributed by atoms with van der Waals surface area (Å²) >= 11 is 0. The van der Waals surface area contributed by atoms with Gasteiger partial charge in [-0.25, -0.2) is 0 Å². The quantitative estimate of drug-likeness (QED) is 0.862. The van der Waals surface area contributed by atoms with Gasteiger partial charge in [-0.2, -0.15) is 0 Å². The average molecular weight is 257 g/mol. The Balaban J connectivity index is 2.03. The van der Waals surface area contributed by atoms with Gasteiger partial charge in [0.25, 0.3) is 0 Å². The summed E-state index contributed by atoms with van der Waals surface area (Å²) in [6.45, 7) is 0.577. The molecule has 0 saturated heterocycles. The molecule has 0 saturated carbocycles. The van der Waals surface area contributed by atoms with Crippen molar-refractivity contribution < 1.29 is 9.47 Å². The Kier molecular flexibility index (Phi) is 4.81. The highest BCUT2D eigenvalue weighted by molar-refractivity contribution is 5.31. The smallest absolute Gasteiger partial charge is 0.119 e. The maximum atomic E-state index is 5.78. The van der Waals surface area contributed by atoms with Gasteiger partial charge in [0.15, 0.2) is 0 Å². The summed E-state index contributed by atoms with van der Waals surface area (Å²) in [7, 11) is 3.60. The fourth-order valence-electron chi connectivity index (χ4n) is 1.90. The van der Waals surface area contributed by atoms with Crippen LogP contribution >= 0.6 is 0 Å². The second-order valence-corrected chi connectivity index (χ2v) is 4.24. The second kappa shape index (κ2) is 6.81. The van der Waals surface area contributed by atoms with Crippen LogP contribution in [0, 0.1) is 0 Å². The minimum atomic E-state index is 0.135. The highest BCUT2D eigenvalue weighted by Gasteiger charge is 2.10. The first-order valence-electron chi connectivity index (χ1n) is 6.32. The Morgan fingerprint density at radius 3 is 2.42 bits per heavy atom. The molecule has 0 aromatic heterocycles. The van der Waals surface area contributed by atoms with Crippen LogP contribution in [-0.4, -0.2) is 20.8 Å². The first-order chi connectivity index (χ1) is 9.33. The monoisotopic (exact) mass is 257 g/mol. The van der Waals surface area contributed by atoms with Gasteiger partial charge in [-0.1, -0.05) is 30.3 Å². The molecule has 2 rings (SSSR count). The molecule has 0 radical (unpaired) electrons. The summed E-state index contributed by atoms with van der Waals surface area (Å²) in [5.74, 6) is 1.74. The molecule has 100 valence electrons. The van der Waals surface area contributed by atoms with Crippen molar-refractivity contribution in [1.82, 2.24) is 5.32 Å². The van der Waals surface area contributed by atoms with Crippen LogP contribution < -0.4 is 14.8 Å². The molecular weight excluding hydrogens is 238 g/mol. The lowest BCUT2D eigenvalue weighted by atomic mass is 10.1. The van der Waals surface area contributed by atoms with Gasteiger partial charge in [-0.3, -0.25) is 0 Å². The lowest BCUT2D eigenvalue weighted by Crippen LogP contribution is -2.23. The van der Waals surface area contributed by atoms with E-state index >= 15 is 0 Å². The van der Waals surface area contributed by atoms with Gasteiger partial charge in [-0.05, 0) is 36.9 Å². The minimum absolute atomic E-state index is 0.135. The summed E-state index contributed by atoms with van der Waals surface area (Å²) in [5.41, 5.74) is 1.15. The van der Waals surface area contributed by atoms with Crippen LogP contribution in [0.5, 0.6) is 11.5 Å². The van der Waals surface area contributed by atoms with E-state index in [0.717, 1.165) is 17.1 Å². The van der Waals surface area contributed by atoms with Gasteiger partial charge in [-0.15, -0.1) is 0 Å². The Labute approximate surface area is 114 Å². The molecule has 2 aromatic carbocycles. The van der Waals surface area contributed by atoms with Gasteiger partial charge < -0.3 is 14.8 Å². The number of ether oxygens (including phenoxy) is 2. The molecule has 19 heavy (non-hydrogen) atoms. The number of hydrogen-bond donors (Lipinski definition) is 1. The standard InChI is InChI=1S/C16H19NO2/c1-17-16(12-19-14-8-4-3-5-9-14)13-7-6-10-15(11-13)18-2/h3-11,16-17H,12H2,1-2H3. The van der Waals surface area contributed by atoms with Gasteiger partial charge in [0.05, 0.1) is 13.2 Å². The molecule has 1 unspecified atom stereocenters. The van der Waals surface area contributed by atoms with Crippen molar-refractivity contribution in [2.45, 2.75) is 6.04 Å². The third-order valence-electron chi connectivity index (χ3n) is 3.00. The predicted octanol–water partition coefficient (Wildman–Crippen LogP) is 3.03. The number of nitrogens with one attached hydrogen (secondary N) is 1. The normalized spacial score (nSPS) is 11.9. The van der Waals surface area contributed by atoms with E-state index in [-0.39, 0.29) is 6.04 Å². The van der Waals surface area contributed by atoms with Crippen molar-refractivity contribution in [3.05, 3.63) is 60.2 Å². The first kappa shape index (κ1) is 13.4. The van der Waals surface area contributed by atoms with Crippen LogP contribution in [0.3, 0.4) is 0 Å². The van der Waals surface area contributed by atoms with E-state index in [1.807, 2.05) is 55.6 Å². The Bertz CT molecular complexity index is 499. The highest BCUT2D eigenvalue weighted by Crippen LogP contribution is 2.20. The summed E-state index contributed by atoms with van der Waals surface area (Å²) in [6.07, 6.45) is 0.